The molecule has 9 nitrogen and oxygen atoms in total. The molecule has 3 rings (SSSR count). The first-order valence-corrected chi connectivity index (χ1v) is 10.0. The van der Waals surface area contributed by atoms with Gasteiger partial charge in [0.05, 0.1) is 30.7 Å². The number of rotatable bonds is 7. The summed E-state index contributed by atoms with van der Waals surface area (Å²) < 4.78 is 10.7. The average Bonchev–Trinajstić information content (AvgIpc) is 2.83. The zero-order valence-electron chi connectivity index (χ0n) is 17.5. The fraction of sp³-hybridized carbons (Fsp3) is 0.217. The lowest BCUT2D eigenvalue weighted by Gasteiger charge is -2.27. The number of para-hydroxylation sites is 1. The van der Waals surface area contributed by atoms with E-state index in [-0.39, 0.29) is 11.6 Å². The van der Waals surface area contributed by atoms with E-state index in [1.165, 1.54) is 6.21 Å². The van der Waals surface area contributed by atoms with Crippen LogP contribution in [0.15, 0.2) is 66.3 Å². The molecule has 0 unspecified atom stereocenters. The molecule has 1 aliphatic rings. The highest BCUT2D eigenvalue weighted by Gasteiger charge is 2.22. The van der Waals surface area contributed by atoms with Crippen molar-refractivity contribution in [2.24, 2.45) is 5.10 Å². The van der Waals surface area contributed by atoms with Gasteiger partial charge in [0.25, 0.3) is 5.91 Å². The maximum absolute atomic E-state index is 12.8. The average molecular weight is 436 g/mol. The zero-order chi connectivity index (χ0) is 22.8. The lowest BCUT2D eigenvalue weighted by Crippen LogP contribution is -2.41. The largest absolute Gasteiger partial charge is 0.490 e. The summed E-state index contributed by atoms with van der Waals surface area (Å²) in [5.41, 5.74) is 3.40. The summed E-state index contributed by atoms with van der Waals surface area (Å²) in [7, 11) is 0. The Morgan fingerprint density at radius 1 is 1.09 bits per heavy atom. The van der Waals surface area contributed by atoms with Crippen LogP contribution in [0.25, 0.3) is 0 Å². The molecular weight excluding hydrogens is 412 g/mol. The van der Waals surface area contributed by atoms with E-state index in [0.29, 0.717) is 49.8 Å². The Labute approximate surface area is 185 Å². The van der Waals surface area contributed by atoms with Crippen LogP contribution in [0.4, 0.5) is 5.69 Å². The van der Waals surface area contributed by atoms with Gasteiger partial charge in [0.15, 0.2) is 0 Å². The van der Waals surface area contributed by atoms with Crippen molar-refractivity contribution in [2.45, 2.75) is 0 Å². The molecule has 2 aromatic carbocycles. The molecule has 0 spiro atoms. The molecule has 0 bridgehead atoms. The van der Waals surface area contributed by atoms with Crippen LogP contribution in [-0.4, -0.2) is 61.7 Å². The van der Waals surface area contributed by atoms with Crippen LogP contribution in [0.3, 0.4) is 0 Å². The number of hydrogen-bond acceptors (Lipinski definition) is 6. The zero-order valence-corrected chi connectivity index (χ0v) is 17.5. The highest BCUT2D eigenvalue weighted by molar-refractivity contribution is 6.40. The molecule has 32 heavy (non-hydrogen) atoms. The summed E-state index contributed by atoms with van der Waals surface area (Å²) >= 11 is 0. The number of nitrogens with zero attached hydrogens (tertiary/aromatic N) is 2. The quantitative estimate of drug-likeness (QED) is 0.298. The molecule has 0 aromatic heterocycles. The van der Waals surface area contributed by atoms with Crippen molar-refractivity contribution in [3.63, 3.8) is 0 Å². The van der Waals surface area contributed by atoms with E-state index in [0.717, 1.165) is 0 Å². The van der Waals surface area contributed by atoms with E-state index in [2.05, 4.69) is 22.4 Å². The fourth-order valence-electron chi connectivity index (χ4n) is 2.95. The third-order valence-corrected chi connectivity index (χ3v) is 4.52. The maximum Gasteiger partial charge on any atom is 0.329 e. The minimum absolute atomic E-state index is 0.235. The Bertz CT molecular complexity index is 1010. The first kappa shape index (κ1) is 22.7. The van der Waals surface area contributed by atoms with Crippen LogP contribution < -0.4 is 15.5 Å². The van der Waals surface area contributed by atoms with Crippen LogP contribution in [0, 0.1) is 0 Å². The normalized spacial score (nSPS) is 13.4. The van der Waals surface area contributed by atoms with E-state index >= 15 is 0 Å². The second-order valence-corrected chi connectivity index (χ2v) is 6.78. The maximum atomic E-state index is 12.8. The van der Waals surface area contributed by atoms with Crippen LogP contribution in [0.2, 0.25) is 0 Å². The molecule has 0 atom stereocenters. The number of anilines is 1. The number of nitrogens with one attached hydrogen (secondary N) is 2. The Hall–Kier alpha value is -3.98. The minimum Gasteiger partial charge on any atom is -0.490 e. The topological polar surface area (TPSA) is 109 Å². The predicted octanol–water partition coefficient (Wildman–Crippen LogP) is 1.81. The van der Waals surface area contributed by atoms with Gasteiger partial charge in [-0.3, -0.25) is 14.4 Å². The molecule has 2 N–H and O–H groups in total. The van der Waals surface area contributed by atoms with Crippen molar-refractivity contribution in [3.05, 3.63) is 72.3 Å². The van der Waals surface area contributed by atoms with Gasteiger partial charge in [-0.1, -0.05) is 36.9 Å². The lowest BCUT2D eigenvalue weighted by atomic mass is 10.1. The van der Waals surface area contributed by atoms with Crippen molar-refractivity contribution in [1.29, 1.82) is 0 Å². The van der Waals surface area contributed by atoms with E-state index in [1.54, 1.807) is 59.5 Å². The Balaban J connectivity index is 1.59. The second-order valence-electron chi connectivity index (χ2n) is 6.78. The smallest absolute Gasteiger partial charge is 0.329 e. The SMILES string of the molecule is C=CCOc1cccc(/C=N\NC(=O)C(=O)Nc2ccccc2C(=O)N2CCOCC2)c1. The number of carbonyl (C=O) groups excluding carboxylic acids is 3. The molecule has 9 heteroatoms. The van der Waals surface area contributed by atoms with Crippen molar-refractivity contribution < 1.29 is 23.9 Å². The van der Waals surface area contributed by atoms with Gasteiger partial charge in [0, 0.05) is 13.1 Å². The van der Waals surface area contributed by atoms with Gasteiger partial charge in [-0.2, -0.15) is 5.10 Å². The van der Waals surface area contributed by atoms with Crippen molar-refractivity contribution in [1.82, 2.24) is 10.3 Å². The third-order valence-electron chi connectivity index (χ3n) is 4.52. The Morgan fingerprint density at radius 3 is 2.66 bits per heavy atom. The van der Waals surface area contributed by atoms with E-state index in [1.807, 2.05) is 0 Å². The van der Waals surface area contributed by atoms with Gasteiger partial charge in [-0.05, 0) is 29.8 Å². The number of carbonyl (C=O) groups is 3. The molecule has 1 fully saturated rings. The minimum atomic E-state index is -0.964. The number of ether oxygens (including phenoxy) is 2. The second kappa shape index (κ2) is 11.4. The summed E-state index contributed by atoms with van der Waals surface area (Å²) in [5, 5.41) is 6.28. The van der Waals surface area contributed by atoms with Gasteiger partial charge >= 0.3 is 11.8 Å². The lowest BCUT2D eigenvalue weighted by molar-refractivity contribution is -0.136. The van der Waals surface area contributed by atoms with Crippen LogP contribution >= 0.6 is 0 Å². The number of amides is 3. The monoisotopic (exact) mass is 436 g/mol. The molecular formula is C23H24N4O5. The molecule has 166 valence electrons. The predicted molar refractivity (Wildman–Crippen MR) is 120 cm³/mol. The van der Waals surface area contributed by atoms with E-state index in [4.69, 9.17) is 9.47 Å². The molecule has 0 aliphatic carbocycles. The van der Waals surface area contributed by atoms with Gasteiger partial charge in [0.1, 0.15) is 12.4 Å². The van der Waals surface area contributed by atoms with Crippen LogP contribution in [0.1, 0.15) is 15.9 Å². The summed E-state index contributed by atoms with van der Waals surface area (Å²) in [6, 6.07) is 13.6. The third kappa shape index (κ3) is 6.26. The highest BCUT2D eigenvalue weighted by Crippen LogP contribution is 2.18. The van der Waals surface area contributed by atoms with Gasteiger partial charge in [-0.15, -0.1) is 0 Å². The molecule has 1 saturated heterocycles. The highest BCUT2D eigenvalue weighted by atomic mass is 16.5. The Kier molecular flexibility index (Phi) is 8.10. The van der Waals surface area contributed by atoms with E-state index in [9.17, 15) is 14.4 Å². The van der Waals surface area contributed by atoms with Gasteiger partial charge in [-0.25, -0.2) is 5.43 Å². The summed E-state index contributed by atoms with van der Waals surface area (Å²) in [5.74, 6) is -1.51. The van der Waals surface area contributed by atoms with Gasteiger partial charge in [0.2, 0.25) is 0 Å². The molecule has 1 aliphatic heterocycles. The molecule has 2 aromatic rings. The molecule has 1 heterocycles. The fourth-order valence-corrected chi connectivity index (χ4v) is 2.95. The molecule has 0 saturated carbocycles. The van der Waals surface area contributed by atoms with Crippen LogP contribution in [-0.2, 0) is 14.3 Å². The number of morpholine rings is 1. The number of hydrazone groups is 1. The Morgan fingerprint density at radius 2 is 1.88 bits per heavy atom. The summed E-state index contributed by atoms with van der Waals surface area (Å²) in [4.78, 5) is 38.9. The molecule has 3 amide bonds. The first-order valence-electron chi connectivity index (χ1n) is 10.0. The van der Waals surface area contributed by atoms with Gasteiger partial charge < -0.3 is 19.7 Å². The van der Waals surface area contributed by atoms with Crippen molar-refractivity contribution in [2.75, 3.05) is 38.2 Å². The van der Waals surface area contributed by atoms with Crippen molar-refractivity contribution >= 4 is 29.6 Å². The number of benzene rings is 2. The summed E-state index contributed by atoms with van der Waals surface area (Å²) in [6.45, 7) is 5.82. The number of hydrogen-bond donors (Lipinski definition) is 2. The van der Waals surface area contributed by atoms with Crippen molar-refractivity contribution in [3.8, 4) is 5.75 Å². The van der Waals surface area contributed by atoms with E-state index < -0.39 is 11.8 Å². The standard InChI is InChI=1S/C23H24N4O5/c1-2-12-32-18-7-5-6-17(15-18)16-24-26-22(29)21(28)25-20-9-4-3-8-19(20)23(30)27-10-13-31-14-11-27/h2-9,15-16H,1,10-14H2,(H,25,28)(H,26,29)/b24-16-. The first-order chi connectivity index (χ1) is 15.6. The summed E-state index contributed by atoms with van der Waals surface area (Å²) in [6.07, 6.45) is 3.02. The van der Waals surface area contributed by atoms with Crippen LogP contribution in [0.5, 0.6) is 5.75 Å². The molecule has 0 radical (unpaired) electrons.